The maximum Gasteiger partial charge on any atom is 0.300 e. The maximum absolute atomic E-state index is 12.2. The molecule has 2 N–H and O–H groups in total. The first-order valence-electron chi connectivity index (χ1n) is 5.60. The summed E-state index contributed by atoms with van der Waals surface area (Å²) >= 11 is 0. The van der Waals surface area contributed by atoms with E-state index in [1.807, 2.05) is 0 Å². The quantitative estimate of drug-likeness (QED) is 0.576. The molecule has 3 heterocycles. The number of nitrogens with zero attached hydrogens (tertiary/aromatic N) is 4. The number of nitrogens with one attached hydrogen (secondary N) is 2. The van der Waals surface area contributed by atoms with Gasteiger partial charge in [-0.3, -0.25) is 24.5 Å². The third kappa shape index (κ3) is 1.81. The predicted molar refractivity (Wildman–Crippen MR) is 68.9 cm³/mol. The van der Waals surface area contributed by atoms with Gasteiger partial charge in [0.2, 0.25) is 5.95 Å². The Morgan fingerprint density at radius 2 is 1.80 bits per heavy atom. The fourth-order valence-electron chi connectivity index (χ4n) is 1.79. The largest absolute Gasteiger partial charge is 0.300 e. The van der Waals surface area contributed by atoms with Crippen molar-refractivity contribution in [1.82, 2.24) is 29.7 Å². The van der Waals surface area contributed by atoms with Gasteiger partial charge in [-0.05, 0) is 6.92 Å². The van der Waals surface area contributed by atoms with Crippen LogP contribution in [0.5, 0.6) is 0 Å². The first-order chi connectivity index (χ1) is 9.56. The Bertz CT molecular complexity index is 984. The second-order valence-corrected chi connectivity index (χ2v) is 4.05. The van der Waals surface area contributed by atoms with E-state index in [0.29, 0.717) is 5.69 Å². The highest BCUT2D eigenvalue weighted by molar-refractivity contribution is 5.71. The number of aromatic amines is 2. The van der Waals surface area contributed by atoms with Gasteiger partial charge < -0.3 is 0 Å². The van der Waals surface area contributed by atoms with Crippen molar-refractivity contribution in [1.29, 1.82) is 0 Å². The van der Waals surface area contributed by atoms with Crippen LogP contribution >= 0.6 is 0 Å². The zero-order chi connectivity index (χ0) is 14.3. The van der Waals surface area contributed by atoms with Crippen LogP contribution in [0.3, 0.4) is 0 Å². The van der Waals surface area contributed by atoms with Crippen molar-refractivity contribution in [3.8, 4) is 5.95 Å². The Labute approximate surface area is 110 Å². The topological polar surface area (TPSA) is 126 Å². The number of fused-ring (bicyclic) bond motifs is 1. The Hall–Kier alpha value is -3.10. The molecule has 0 aromatic carbocycles. The van der Waals surface area contributed by atoms with Crippen molar-refractivity contribution in [2.75, 3.05) is 0 Å². The fourth-order valence-corrected chi connectivity index (χ4v) is 1.79. The van der Waals surface area contributed by atoms with E-state index in [4.69, 9.17) is 0 Å². The summed E-state index contributed by atoms with van der Waals surface area (Å²) in [5.41, 5.74) is -1.40. The summed E-state index contributed by atoms with van der Waals surface area (Å²) in [6, 6.07) is 1.27. The number of aromatic nitrogens is 6. The molecule has 9 nitrogen and oxygen atoms in total. The van der Waals surface area contributed by atoms with E-state index in [2.05, 4.69) is 25.0 Å². The van der Waals surface area contributed by atoms with Gasteiger partial charge in [-0.2, -0.15) is 4.68 Å². The lowest BCUT2D eigenvalue weighted by atomic mass is 10.4. The summed E-state index contributed by atoms with van der Waals surface area (Å²) in [7, 11) is 0. The Morgan fingerprint density at radius 1 is 1.10 bits per heavy atom. The Kier molecular flexibility index (Phi) is 2.53. The van der Waals surface area contributed by atoms with Crippen LogP contribution < -0.4 is 16.7 Å². The zero-order valence-electron chi connectivity index (χ0n) is 10.2. The van der Waals surface area contributed by atoms with Gasteiger partial charge in [-0.25, -0.2) is 15.0 Å². The number of rotatable bonds is 1. The fraction of sp³-hybridized carbons (Fsp3) is 0.0909. The van der Waals surface area contributed by atoms with Crippen LogP contribution in [0.25, 0.3) is 17.0 Å². The Balaban J connectivity index is 2.43. The number of hydrogen-bond acceptors (Lipinski definition) is 6. The van der Waals surface area contributed by atoms with Gasteiger partial charge in [0.05, 0.1) is 0 Å². The lowest BCUT2D eigenvalue weighted by molar-refractivity contribution is 0.735. The van der Waals surface area contributed by atoms with Crippen LogP contribution in [-0.2, 0) is 0 Å². The monoisotopic (exact) mass is 272 g/mol. The minimum Gasteiger partial charge on any atom is -0.291 e. The van der Waals surface area contributed by atoms with Crippen molar-refractivity contribution < 1.29 is 0 Å². The summed E-state index contributed by atoms with van der Waals surface area (Å²) in [5, 5.41) is 2.30. The molecule has 3 aromatic rings. The second-order valence-electron chi connectivity index (χ2n) is 4.05. The lowest BCUT2D eigenvalue weighted by Gasteiger charge is -2.05. The molecule has 9 heteroatoms. The summed E-state index contributed by atoms with van der Waals surface area (Å²) in [6.45, 7) is 1.60. The third-order valence-corrected chi connectivity index (χ3v) is 2.60. The molecule has 0 saturated heterocycles. The van der Waals surface area contributed by atoms with Gasteiger partial charge >= 0.3 is 5.56 Å². The predicted octanol–water partition coefficient (Wildman–Crippen LogP) is -1.14. The van der Waals surface area contributed by atoms with Gasteiger partial charge in [0, 0.05) is 24.2 Å². The molecule has 0 saturated carbocycles. The summed E-state index contributed by atoms with van der Waals surface area (Å²) < 4.78 is 0.841. The standard InChI is InChI=1S/C11H8N6O3/c1-5-4-6(18)15-11(14-5)17-10(20)8-7(9(19)16-17)12-2-3-13-8/h2-4H,1H3,(H,16,19)(H,14,15,18). The van der Waals surface area contributed by atoms with Gasteiger partial charge in [-0.1, -0.05) is 0 Å². The van der Waals surface area contributed by atoms with Crippen LogP contribution in [0.1, 0.15) is 5.69 Å². The molecule has 0 atom stereocenters. The molecule has 0 bridgehead atoms. The van der Waals surface area contributed by atoms with E-state index < -0.39 is 16.7 Å². The molecule has 3 aromatic heterocycles. The van der Waals surface area contributed by atoms with E-state index in [9.17, 15) is 14.4 Å². The van der Waals surface area contributed by atoms with Crippen molar-refractivity contribution in [2.45, 2.75) is 6.92 Å². The molecule has 0 unspecified atom stereocenters. The maximum atomic E-state index is 12.2. The van der Waals surface area contributed by atoms with Gasteiger partial charge in [-0.15, -0.1) is 0 Å². The number of H-pyrrole nitrogens is 2. The molecule has 0 amide bonds. The van der Waals surface area contributed by atoms with Gasteiger partial charge in [0.1, 0.15) is 0 Å². The van der Waals surface area contributed by atoms with E-state index >= 15 is 0 Å². The molecule has 0 aliphatic rings. The van der Waals surface area contributed by atoms with Crippen LogP contribution in [0.15, 0.2) is 32.8 Å². The van der Waals surface area contributed by atoms with Crippen molar-refractivity contribution >= 4 is 11.0 Å². The minimum absolute atomic E-state index is 0.0660. The first kappa shape index (κ1) is 12.0. The smallest absolute Gasteiger partial charge is 0.291 e. The summed E-state index contributed by atoms with van der Waals surface area (Å²) in [5.74, 6) is -0.0790. The lowest BCUT2D eigenvalue weighted by Crippen LogP contribution is -2.32. The SMILES string of the molecule is Cc1cc(=O)[nH]c(-n2[nH]c(=O)c3nccnc3c2=O)n1. The van der Waals surface area contributed by atoms with Crippen LogP contribution in [0.2, 0.25) is 0 Å². The molecule has 0 radical (unpaired) electrons. The average Bonchev–Trinajstić information content (AvgIpc) is 2.42. The molecule has 20 heavy (non-hydrogen) atoms. The molecule has 0 aliphatic heterocycles. The van der Waals surface area contributed by atoms with Crippen LogP contribution in [0, 0.1) is 6.92 Å². The molecule has 0 fully saturated rings. The highest BCUT2D eigenvalue weighted by atomic mass is 16.2. The molecule has 100 valence electrons. The van der Waals surface area contributed by atoms with Gasteiger partial charge in [0.25, 0.3) is 11.1 Å². The van der Waals surface area contributed by atoms with E-state index in [1.165, 1.54) is 18.5 Å². The van der Waals surface area contributed by atoms with Crippen molar-refractivity contribution in [3.05, 3.63) is 55.2 Å². The Morgan fingerprint density at radius 3 is 2.50 bits per heavy atom. The molecular formula is C11H8N6O3. The van der Waals surface area contributed by atoms with Crippen LogP contribution in [-0.4, -0.2) is 29.7 Å². The number of aryl methyl sites for hydroxylation is 1. The first-order valence-corrected chi connectivity index (χ1v) is 5.60. The van der Waals surface area contributed by atoms with E-state index in [-0.39, 0.29) is 17.0 Å². The normalized spacial score (nSPS) is 10.8. The highest BCUT2D eigenvalue weighted by Gasteiger charge is 2.12. The van der Waals surface area contributed by atoms with Gasteiger partial charge in [0.15, 0.2) is 11.0 Å². The third-order valence-electron chi connectivity index (χ3n) is 2.60. The van der Waals surface area contributed by atoms with E-state index in [1.54, 1.807) is 6.92 Å². The highest BCUT2D eigenvalue weighted by Crippen LogP contribution is 1.97. The molecular weight excluding hydrogens is 264 g/mol. The second kappa shape index (κ2) is 4.23. The summed E-state index contributed by atoms with van der Waals surface area (Å²) in [4.78, 5) is 49.5. The molecule has 0 spiro atoms. The molecule has 0 aliphatic carbocycles. The minimum atomic E-state index is -0.624. The van der Waals surface area contributed by atoms with Crippen molar-refractivity contribution in [3.63, 3.8) is 0 Å². The molecule has 3 rings (SSSR count). The van der Waals surface area contributed by atoms with Crippen molar-refractivity contribution in [2.24, 2.45) is 0 Å². The van der Waals surface area contributed by atoms with E-state index in [0.717, 1.165) is 4.68 Å². The van der Waals surface area contributed by atoms with Crippen LogP contribution in [0.4, 0.5) is 0 Å². The average molecular weight is 272 g/mol. The zero-order valence-corrected chi connectivity index (χ0v) is 10.2. The summed E-state index contributed by atoms with van der Waals surface area (Å²) in [6.07, 6.45) is 2.62. The number of hydrogen-bond donors (Lipinski definition) is 2.